The third kappa shape index (κ3) is 3.87. The maximum atomic E-state index is 12.3. The molecule has 1 aromatic carbocycles. The van der Waals surface area contributed by atoms with Gasteiger partial charge in [0, 0.05) is 28.5 Å². The maximum absolute atomic E-state index is 12.3. The van der Waals surface area contributed by atoms with Crippen molar-refractivity contribution in [3.05, 3.63) is 52.8 Å². The SMILES string of the molecule is Cc1ccc(NC(=O)C2CC2)cc1NC(=O)c1cc(Cl)ccn1. The van der Waals surface area contributed by atoms with Gasteiger partial charge in [0.15, 0.2) is 0 Å². The van der Waals surface area contributed by atoms with Crippen LogP contribution in [0.25, 0.3) is 0 Å². The lowest BCUT2D eigenvalue weighted by Crippen LogP contribution is -2.16. The van der Waals surface area contributed by atoms with Gasteiger partial charge in [0.25, 0.3) is 5.91 Å². The monoisotopic (exact) mass is 329 g/mol. The molecule has 118 valence electrons. The van der Waals surface area contributed by atoms with Gasteiger partial charge in [-0.25, -0.2) is 0 Å². The third-order valence-corrected chi connectivity index (χ3v) is 3.89. The Balaban J connectivity index is 1.76. The number of nitrogens with one attached hydrogen (secondary N) is 2. The Bertz CT molecular complexity index is 772. The van der Waals surface area contributed by atoms with Crippen molar-refractivity contribution in [1.82, 2.24) is 4.98 Å². The number of rotatable bonds is 4. The molecule has 1 aliphatic rings. The number of benzene rings is 1. The van der Waals surface area contributed by atoms with E-state index in [1.165, 1.54) is 12.3 Å². The number of carbonyl (C=O) groups is 2. The summed E-state index contributed by atoms with van der Waals surface area (Å²) in [5.41, 5.74) is 2.43. The minimum absolute atomic E-state index is 0.0302. The summed E-state index contributed by atoms with van der Waals surface area (Å²) in [5.74, 6) is -0.186. The van der Waals surface area contributed by atoms with Crippen molar-refractivity contribution in [2.75, 3.05) is 10.6 Å². The second-order valence-corrected chi connectivity index (χ2v) is 6.04. The Morgan fingerprint density at radius 1 is 1.17 bits per heavy atom. The number of hydrogen-bond donors (Lipinski definition) is 2. The normalized spacial score (nSPS) is 13.5. The zero-order valence-corrected chi connectivity index (χ0v) is 13.4. The van der Waals surface area contributed by atoms with E-state index in [1.807, 2.05) is 19.1 Å². The third-order valence-electron chi connectivity index (χ3n) is 3.66. The quantitative estimate of drug-likeness (QED) is 0.899. The first-order valence-corrected chi connectivity index (χ1v) is 7.75. The van der Waals surface area contributed by atoms with Crippen LogP contribution in [0.15, 0.2) is 36.5 Å². The first kappa shape index (κ1) is 15.5. The van der Waals surface area contributed by atoms with Gasteiger partial charge in [-0.3, -0.25) is 14.6 Å². The van der Waals surface area contributed by atoms with Gasteiger partial charge in [-0.2, -0.15) is 0 Å². The number of nitrogens with zero attached hydrogens (tertiary/aromatic N) is 1. The number of pyridine rings is 1. The van der Waals surface area contributed by atoms with E-state index in [1.54, 1.807) is 12.1 Å². The number of aromatic nitrogens is 1. The summed E-state index contributed by atoms with van der Waals surface area (Å²) in [5, 5.41) is 6.12. The molecule has 1 saturated carbocycles. The van der Waals surface area contributed by atoms with Crippen molar-refractivity contribution >= 4 is 34.8 Å². The van der Waals surface area contributed by atoms with Gasteiger partial charge in [-0.05, 0) is 49.6 Å². The van der Waals surface area contributed by atoms with Crippen molar-refractivity contribution in [2.45, 2.75) is 19.8 Å². The van der Waals surface area contributed by atoms with Crippen molar-refractivity contribution in [1.29, 1.82) is 0 Å². The van der Waals surface area contributed by atoms with E-state index in [4.69, 9.17) is 11.6 Å². The minimum atomic E-state index is -0.346. The minimum Gasteiger partial charge on any atom is -0.326 e. The van der Waals surface area contributed by atoms with Gasteiger partial charge in [-0.15, -0.1) is 0 Å². The Kier molecular flexibility index (Phi) is 4.30. The average Bonchev–Trinajstić information content (AvgIpc) is 3.35. The number of hydrogen-bond acceptors (Lipinski definition) is 3. The Hall–Kier alpha value is -2.40. The molecule has 0 aliphatic heterocycles. The van der Waals surface area contributed by atoms with E-state index < -0.39 is 0 Å². The van der Waals surface area contributed by atoms with Crippen LogP contribution in [0, 0.1) is 12.8 Å². The number of halogens is 1. The lowest BCUT2D eigenvalue weighted by Gasteiger charge is -2.11. The average molecular weight is 330 g/mol. The van der Waals surface area contributed by atoms with Crippen LogP contribution in [0.4, 0.5) is 11.4 Å². The number of amides is 2. The molecule has 0 atom stereocenters. The predicted octanol–water partition coefficient (Wildman–Crippen LogP) is 3.64. The fraction of sp³-hybridized carbons (Fsp3) is 0.235. The molecule has 1 aliphatic carbocycles. The molecule has 3 rings (SSSR count). The molecule has 0 saturated heterocycles. The topological polar surface area (TPSA) is 71.1 Å². The molecule has 1 aromatic heterocycles. The van der Waals surface area contributed by atoms with Crippen LogP contribution in [0.5, 0.6) is 0 Å². The van der Waals surface area contributed by atoms with Crippen LogP contribution in [-0.2, 0) is 4.79 Å². The van der Waals surface area contributed by atoms with Gasteiger partial charge in [0.05, 0.1) is 0 Å². The van der Waals surface area contributed by atoms with E-state index in [0.717, 1.165) is 18.4 Å². The maximum Gasteiger partial charge on any atom is 0.274 e. The number of aryl methyl sites for hydroxylation is 1. The Morgan fingerprint density at radius 2 is 1.96 bits per heavy atom. The molecule has 0 bridgehead atoms. The fourth-order valence-corrected chi connectivity index (χ4v) is 2.30. The first-order chi connectivity index (χ1) is 11.0. The number of anilines is 2. The van der Waals surface area contributed by atoms with Crippen molar-refractivity contribution in [2.24, 2.45) is 5.92 Å². The first-order valence-electron chi connectivity index (χ1n) is 7.37. The van der Waals surface area contributed by atoms with Crippen LogP contribution in [0.2, 0.25) is 5.02 Å². The zero-order chi connectivity index (χ0) is 16.4. The molecular formula is C17H16ClN3O2. The summed E-state index contributed by atoms with van der Waals surface area (Å²) in [7, 11) is 0. The highest BCUT2D eigenvalue weighted by Gasteiger charge is 2.29. The predicted molar refractivity (Wildman–Crippen MR) is 89.7 cm³/mol. The lowest BCUT2D eigenvalue weighted by molar-refractivity contribution is -0.117. The van der Waals surface area contributed by atoms with E-state index in [0.29, 0.717) is 16.4 Å². The fourth-order valence-electron chi connectivity index (χ4n) is 2.14. The highest BCUT2D eigenvalue weighted by atomic mass is 35.5. The summed E-state index contributed by atoms with van der Waals surface area (Å²) in [6.45, 7) is 1.88. The molecule has 5 nitrogen and oxygen atoms in total. The van der Waals surface area contributed by atoms with E-state index in [9.17, 15) is 9.59 Å². The van der Waals surface area contributed by atoms with E-state index in [-0.39, 0.29) is 23.4 Å². The Labute approximate surface area is 139 Å². The Morgan fingerprint density at radius 3 is 2.65 bits per heavy atom. The van der Waals surface area contributed by atoms with Gasteiger partial charge >= 0.3 is 0 Å². The van der Waals surface area contributed by atoms with Crippen LogP contribution in [0.1, 0.15) is 28.9 Å². The molecule has 23 heavy (non-hydrogen) atoms. The standard InChI is InChI=1S/C17H16ClN3O2/c1-10-2-5-13(20-16(22)11-3-4-11)9-14(10)21-17(23)15-8-12(18)6-7-19-15/h2,5-9,11H,3-4H2,1H3,(H,20,22)(H,21,23). The summed E-state index contributed by atoms with van der Waals surface area (Å²) in [6.07, 6.45) is 3.37. The van der Waals surface area contributed by atoms with Crippen molar-refractivity contribution in [3.8, 4) is 0 Å². The zero-order valence-electron chi connectivity index (χ0n) is 12.6. The molecule has 0 unspecified atom stereocenters. The lowest BCUT2D eigenvalue weighted by atomic mass is 10.1. The molecule has 2 amide bonds. The molecule has 2 aromatic rings. The summed E-state index contributed by atoms with van der Waals surface area (Å²) in [6, 6.07) is 8.53. The van der Waals surface area contributed by atoms with Crippen LogP contribution >= 0.6 is 11.6 Å². The molecule has 1 heterocycles. The molecular weight excluding hydrogens is 314 g/mol. The van der Waals surface area contributed by atoms with Gasteiger partial charge < -0.3 is 10.6 Å². The van der Waals surface area contributed by atoms with Gasteiger partial charge in [0.2, 0.25) is 5.91 Å². The molecule has 6 heteroatoms. The van der Waals surface area contributed by atoms with E-state index in [2.05, 4.69) is 15.6 Å². The molecule has 2 N–H and O–H groups in total. The summed E-state index contributed by atoms with van der Waals surface area (Å²) < 4.78 is 0. The summed E-state index contributed by atoms with van der Waals surface area (Å²) in [4.78, 5) is 28.1. The molecule has 0 spiro atoms. The second kappa shape index (κ2) is 6.38. The number of carbonyl (C=O) groups excluding carboxylic acids is 2. The van der Waals surface area contributed by atoms with Gasteiger partial charge in [0.1, 0.15) is 5.69 Å². The second-order valence-electron chi connectivity index (χ2n) is 5.61. The molecule has 1 fully saturated rings. The van der Waals surface area contributed by atoms with Crippen molar-refractivity contribution in [3.63, 3.8) is 0 Å². The summed E-state index contributed by atoms with van der Waals surface area (Å²) >= 11 is 5.87. The van der Waals surface area contributed by atoms with Crippen molar-refractivity contribution < 1.29 is 9.59 Å². The van der Waals surface area contributed by atoms with Crippen LogP contribution < -0.4 is 10.6 Å². The van der Waals surface area contributed by atoms with Crippen LogP contribution in [0.3, 0.4) is 0 Å². The van der Waals surface area contributed by atoms with Gasteiger partial charge in [-0.1, -0.05) is 17.7 Å². The highest BCUT2D eigenvalue weighted by molar-refractivity contribution is 6.31. The highest BCUT2D eigenvalue weighted by Crippen LogP contribution is 2.30. The van der Waals surface area contributed by atoms with Crippen LogP contribution in [-0.4, -0.2) is 16.8 Å². The largest absolute Gasteiger partial charge is 0.326 e. The van der Waals surface area contributed by atoms with E-state index >= 15 is 0 Å². The smallest absolute Gasteiger partial charge is 0.274 e. The molecule has 0 radical (unpaired) electrons.